The molecule has 3 N–H and O–H groups in total. The van der Waals surface area contributed by atoms with Crippen LogP contribution in [0.3, 0.4) is 0 Å². The average Bonchev–Trinajstić information content (AvgIpc) is 2.90. The average molecular weight is 311 g/mol. The molecule has 0 radical (unpaired) electrons. The fourth-order valence-corrected chi connectivity index (χ4v) is 2.98. The van der Waals surface area contributed by atoms with Gasteiger partial charge in [-0.05, 0) is 37.2 Å². The van der Waals surface area contributed by atoms with Crippen LogP contribution in [0.1, 0.15) is 18.2 Å². The van der Waals surface area contributed by atoms with Gasteiger partial charge in [-0.15, -0.1) is 0 Å². The molecule has 0 saturated heterocycles. The monoisotopic (exact) mass is 311 g/mol. The Balaban J connectivity index is 2.22. The molecule has 0 atom stereocenters. The summed E-state index contributed by atoms with van der Waals surface area (Å²) in [6.07, 6.45) is 1.42. The van der Waals surface area contributed by atoms with E-state index in [0.717, 1.165) is 12.2 Å². The highest BCUT2D eigenvalue weighted by Gasteiger charge is 2.17. The summed E-state index contributed by atoms with van der Waals surface area (Å²) < 4.78 is 40.2. The zero-order chi connectivity index (χ0) is 15.5. The van der Waals surface area contributed by atoms with Crippen molar-refractivity contribution in [2.24, 2.45) is 0 Å². The van der Waals surface area contributed by atoms with Crippen molar-refractivity contribution in [3.05, 3.63) is 47.5 Å². The summed E-state index contributed by atoms with van der Waals surface area (Å²) in [5.74, 6) is -0.486. The Labute approximate surface area is 123 Å². The minimum atomic E-state index is -3.73. The lowest BCUT2D eigenvalue weighted by molar-refractivity contribution is 0.601. The molecule has 0 aliphatic rings. The third kappa shape index (κ3) is 3.83. The topological polar surface area (TPSA) is 74.0 Å². The number of H-pyrrole nitrogens is 1. The largest absolute Gasteiger partial charge is 0.363 e. The summed E-state index contributed by atoms with van der Waals surface area (Å²) in [5, 5.41) is 3.10. The van der Waals surface area contributed by atoms with E-state index in [1.54, 1.807) is 13.0 Å². The van der Waals surface area contributed by atoms with Gasteiger partial charge in [0.25, 0.3) is 10.0 Å². The van der Waals surface area contributed by atoms with Crippen molar-refractivity contribution in [1.29, 1.82) is 0 Å². The number of aromatic nitrogens is 1. The van der Waals surface area contributed by atoms with Crippen LogP contribution in [-0.4, -0.2) is 19.9 Å². The van der Waals surface area contributed by atoms with E-state index >= 15 is 0 Å². The molecule has 21 heavy (non-hydrogen) atoms. The highest BCUT2D eigenvalue weighted by molar-refractivity contribution is 7.92. The van der Waals surface area contributed by atoms with Crippen molar-refractivity contribution in [2.45, 2.75) is 25.3 Å². The van der Waals surface area contributed by atoms with Gasteiger partial charge in [0.05, 0.1) is 5.69 Å². The number of rotatable bonds is 6. The summed E-state index contributed by atoms with van der Waals surface area (Å²) in [5.41, 5.74) is 1.67. The smallest absolute Gasteiger partial charge is 0.263 e. The number of aromatic amines is 1. The first kappa shape index (κ1) is 15.5. The molecule has 2 rings (SSSR count). The van der Waals surface area contributed by atoms with Crippen LogP contribution in [0.2, 0.25) is 0 Å². The van der Waals surface area contributed by atoms with Gasteiger partial charge in [0.1, 0.15) is 10.7 Å². The van der Waals surface area contributed by atoms with Gasteiger partial charge in [-0.3, -0.25) is 4.72 Å². The maximum atomic E-state index is 13.2. The van der Waals surface area contributed by atoms with Gasteiger partial charge < -0.3 is 10.3 Å². The Bertz CT molecular complexity index is 726. The van der Waals surface area contributed by atoms with Gasteiger partial charge >= 0.3 is 0 Å². The molecule has 114 valence electrons. The molecule has 1 heterocycles. The minimum absolute atomic E-state index is 0.124. The summed E-state index contributed by atoms with van der Waals surface area (Å²) in [7, 11) is -3.73. The standard InChI is InChI=1S/C14H18FN3O2S/c1-3-16-8-12-7-13(9-17-12)21(19,20)18-14-6-11(15)5-4-10(14)2/h4-7,9,16-18H,3,8H2,1-2H3. The summed E-state index contributed by atoms with van der Waals surface area (Å²) in [4.78, 5) is 3.03. The quantitative estimate of drug-likeness (QED) is 0.767. The van der Waals surface area contributed by atoms with Crippen molar-refractivity contribution in [2.75, 3.05) is 11.3 Å². The Morgan fingerprint density at radius 2 is 2.05 bits per heavy atom. The molecular formula is C14H18FN3O2S. The highest BCUT2D eigenvalue weighted by atomic mass is 32.2. The fourth-order valence-electron chi connectivity index (χ4n) is 1.84. The van der Waals surface area contributed by atoms with Crippen LogP contribution in [-0.2, 0) is 16.6 Å². The van der Waals surface area contributed by atoms with Crippen molar-refractivity contribution in [3.63, 3.8) is 0 Å². The van der Waals surface area contributed by atoms with E-state index in [0.29, 0.717) is 12.1 Å². The molecule has 0 bridgehead atoms. The lowest BCUT2D eigenvalue weighted by Gasteiger charge is -2.09. The van der Waals surface area contributed by atoms with Crippen LogP contribution in [0.5, 0.6) is 0 Å². The molecule has 0 saturated carbocycles. The van der Waals surface area contributed by atoms with Gasteiger partial charge in [0, 0.05) is 18.4 Å². The Hall–Kier alpha value is -1.86. The number of hydrogen-bond acceptors (Lipinski definition) is 3. The molecule has 0 aliphatic heterocycles. The molecule has 2 aromatic rings. The van der Waals surface area contributed by atoms with Gasteiger partial charge in [0.15, 0.2) is 0 Å². The number of anilines is 1. The number of benzene rings is 1. The summed E-state index contributed by atoms with van der Waals surface area (Å²) in [6, 6.07) is 5.54. The van der Waals surface area contributed by atoms with Crippen molar-refractivity contribution >= 4 is 15.7 Å². The van der Waals surface area contributed by atoms with Crippen LogP contribution in [0.4, 0.5) is 10.1 Å². The van der Waals surface area contributed by atoms with Crippen molar-refractivity contribution < 1.29 is 12.8 Å². The maximum Gasteiger partial charge on any atom is 0.263 e. The second-order valence-corrected chi connectivity index (χ2v) is 6.39. The molecule has 5 nitrogen and oxygen atoms in total. The van der Waals surface area contributed by atoms with Gasteiger partial charge in [-0.1, -0.05) is 13.0 Å². The minimum Gasteiger partial charge on any atom is -0.363 e. The molecule has 7 heteroatoms. The Morgan fingerprint density at radius 3 is 2.76 bits per heavy atom. The van der Waals surface area contributed by atoms with Crippen LogP contribution in [0.25, 0.3) is 0 Å². The zero-order valence-electron chi connectivity index (χ0n) is 11.9. The van der Waals surface area contributed by atoms with Crippen LogP contribution >= 0.6 is 0 Å². The molecule has 0 spiro atoms. The van der Waals surface area contributed by atoms with Crippen molar-refractivity contribution in [3.8, 4) is 0 Å². The number of halogens is 1. The van der Waals surface area contributed by atoms with Gasteiger partial charge in [-0.25, -0.2) is 12.8 Å². The first-order chi connectivity index (χ1) is 9.92. The predicted octanol–water partition coefficient (Wildman–Crippen LogP) is 2.37. The second kappa shape index (κ2) is 6.28. The Kier molecular flexibility index (Phi) is 4.64. The molecule has 0 unspecified atom stereocenters. The highest BCUT2D eigenvalue weighted by Crippen LogP contribution is 2.21. The lowest BCUT2D eigenvalue weighted by atomic mass is 10.2. The van der Waals surface area contributed by atoms with E-state index in [4.69, 9.17) is 0 Å². The SMILES string of the molecule is CCNCc1cc(S(=O)(=O)Nc2cc(F)ccc2C)c[nH]1. The number of sulfonamides is 1. The van der Waals surface area contributed by atoms with E-state index in [1.807, 2.05) is 6.92 Å². The van der Waals surface area contributed by atoms with Crippen LogP contribution in [0, 0.1) is 12.7 Å². The molecule has 1 aromatic carbocycles. The van der Waals surface area contributed by atoms with E-state index in [1.165, 1.54) is 24.4 Å². The number of aryl methyl sites for hydroxylation is 1. The van der Waals surface area contributed by atoms with E-state index in [-0.39, 0.29) is 10.6 Å². The summed E-state index contributed by atoms with van der Waals surface area (Å²) in [6.45, 7) is 5.03. The third-order valence-electron chi connectivity index (χ3n) is 3.04. The van der Waals surface area contributed by atoms with Gasteiger partial charge in [0.2, 0.25) is 0 Å². The van der Waals surface area contributed by atoms with Crippen LogP contribution in [0.15, 0.2) is 35.4 Å². The third-order valence-corrected chi connectivity index (χ3v) is 4.38. The van der Waals surface area contributed by atoms with E-state index in [9.17, 15) is 12.8 Å². The van der Waals surface area contributed by atoms with Gasteiger partial charge in [-0.2, -0.15) is 0 Å². The number of hydrogen-bond donors (Lipinski definition) is 3. The normalized spacial score (nSPS) is 11.6. The zero-order valence-corrected chi connectivity index (χ0v) is 12.7. The van der Waals surface area contributed by atoms with E-state index < -0.39 is 15.8 Å². The van der Waals surface area contributed by atoms with Crippen LogP contribution < -0.4 is 10.0 Å². The fraction of sp³-hybridized carbons (Fsp3) is 0.286. The van der Waals surface area contributed by atoms with Crippen molar-refractivity contribution in [1.82, 2.24) is 10.3 Å². The van der Waals surface area contributed by atoms with E-state index in [2.05, 4.69) is 15.0 Å². The Morgan fingerprint density at radius 1 is 1.29 bits per heavy atom. The molecular weight excluding hydrogens is 293 g/mol. The molecule has 0 fully saturated rings. The molecule has 0 amide bonds. The molecule has 1 aromatic heterocycles. The first-order valence-corrected chi connectivity index (χ1v) is 8.07. The lowest BCUT2D eigenvalue weighted by Crippen LogP contribution is -2.13. The predicted molar refractivity (Wildman–Crippen MR) is 80.1 cm³/mol. The molecule has 0 aliphatic carbocycles. The maximum absolute atomic E-state index is 13.2. The second-order valence-electron chi connectivity index (χ2n) is 4.71. The summed E-state index contributed by atoms with van der Waals surface area (Å²) >= 11 is 0. The first-order valence-electron chi connectivity index (χ1n) is 6.59. The number of nitrogens with one attached hydrogen (secondary N) is 3.